The summed E-state index contributed by atoms with van der Waals surface area (Å²) in [7, 11) is -10.0. The number of H-pyrrole nitrogens is 2. The predicted molar refractivity (Wildman–Crippen MR) is 139 cm³/mol. The van der Waals surface area contributed by atoms with Crippen molar-refractivity contribution < 1.29 is 50.9 Å². The van der Waals surface area contributed by atoms with Crippen molar-refractivity contribution in [1.29, 1.82) is 0 Å². The molecule has 0 radical (unpaired) electrons. The summed E-state index contributed by atoms with van der Waals surface area (Å²) in [5, 5.41) is 0. The van der Waals surface area contributed by atoms with Gasteiger partial charge in [0.15, 0.2) is 41.0 Å². The number of fused-ring (bicyclic) bond motifs is 5. The molecule has 0 spiro atoms. The van der Waals surface area contributed by atoms with Gasteiger partial charge in [-0.2, -0.15) is 4.98 Å². The summed E-state index contributed by atoms with van der Waals surface area (Å²) in [6.45, 7) is -1.47. The number of hydrogen-bond donors (Lipinski definition) is 5. The first-order valence-corrected chi connectivity index (χ1v) is 15.8. The maximum absolute atomic E-state index is 15.8. The van der Waals surface area contributed by atoms with Crippen LogP contribution in [0.15, 0.2) is 28.6 Å². The number of phosphoric acid groups is 2. The van der Waals surface area contributed by atoms with Crippen molar-refractivity contribution in [3.63, 3.8) is 0 Å². The van der Waals surface area contributed by atoms with E-state index >= 15 is 4.39 Å². The van der Waals surface area contributed by atoms with Crippen molar-refractivity contribution in [1.82, 2.24) is 39.0 Å². The predicted octanol–water partition coefficient (Wildman–Crippen LogP) is -0.624. The summed E-state index contributed by atoms with van der Waals surface area (Å²) in [5.41, 5.74) is 4.04. The second kappa shape index (κ2) is 10.6. The standard InChI is InChI=1S/C20H22FN9O12P2/c21-10-13-9(40-19(10)29-5-25-11-14(29)23-4-24-16(11)31)3-38-43(33,34)41-8-1-7(2-37-44(35,36)42-13)39-18(8)30-6-26-12-15(30)27-20(22)28-17(12)32/h4-10,13,18-19H,1-3H2,(H,33,34)(H,35,36)(H,23,24,31)(H3,22,27,28,32)/t7-,8+,9?,10-,13+,18+,19+/m0/s1. The largest absolute Gasteiger partial charge is 0.472 e. The Morgan fingerprint density at radius 2 is 1.59 bits per heavy atom. The molecule has 3 aliphatic heterocycles. The van der Waals surface area contributed by atoms with Gasteiger partial charge in [0.2, 0.25) is 5.95 Å². The van der Waals surface area contributed by atoms with Gasteiger partial charge in [-0.25, -0.2) is 28.5 Å². The minimum atomic E-state index is -5.03. The van der Waals surface area contributed by atoms with E-state index in [1.54, 1.807) is 0 Å². The molecule has 3 aliphatic rings. The highest BCUT2D eigenvalue weighted by Crippen LogP contribution is 2.54. The molecule has 0 amide bonds. The fourth-order valence-electron chi connectivity index (χ4n) is 5.25. The van der Waals surface area contributed by atoms with Crippen LogP contribution < -0.4 is 16.9 Å². The second-order valence-electron chi connectivity index (χ2n) is 9.97. The summed E-state index contributed by atoms with van der Waals surface area (Å²) in [5.74, 6) is -0.238. The lowest BCUT2D eigenvalue weighted by molar-refractivity contribution is -0.0668. The lowest BCUT2D eigenvalue weighted by Gasteiger charge is -2.25. The molecule has 0 saturated carbocycles. The molecular weight excluding hydrogens is 639 g/mol. The van der Waals surface area contributed by atoms with Gasteiger partial charge in [0.1, 0.15) is 18.3 Å². The maximum Gasteiger partial charge on any atom is 0.472 e. The SMILES string of the molecule is Nc1nc2c(ncn2[C@@H]2O[C@@H]3COP(=O)(O)O[C@@H]4C(COP(=O)(O)O[C@@H]2C3)O[C@@H](n2cnc3c(=O)[nH]cnc32)[C@H]4F)c(=O)[nH]1. The number of phosphoric ester groups is 2. The number of rotatable bonds is 2. The quantitative estimate of drug-likeness (QED) is 0.167. The Hall–Kier alpha value is -3.43. The van der Waals surface area contributed by atoms with Crippen LogP contribution in [0.3, 0.4) is 0 Å². The molecule has 7 heterocycles. The van der Waals surface area contributed by atoms with Crippen molar-refractivity contribution >= 4 is 43.9 Å². The van der Waals surface area contributed by atoms with E-state index in [-0.39, 0.29) is 34.7 Å². The van der Waals surface area contributed by atoms with E-state index in [9.17, 15) is 28.5 Å². The molecule has 6 N–H and O–H groups in total. The van der Waals surface area contributed by atoms with Gasteiger partial charge in [0.25, 0.3) is 11.1 Å². The van der Waals surface area contributed by atoms with Crippen LogP contribution in [0, 0.1) is 0 Å². The third kappa shape index (κ3) is 5.17. The minimum absolute atomic E-state index is 0.0388. The molecule has 2 bridgehead atoms. The molecule has 9 atom stereocenters. The number of nitrogen functional groups attached to an aromatic ring is 1. The van der Waals surface area contributed by atoms with Crippen molar-refractivity contribution in [2.24, 2.45) is 0 Å². The summed E-state index contributed by atoms with van der Waals surface area (Å²) in [6.07, 6.45) is -7.69. The van der Waals surface area contributed by atoms with Crippen molar-refractivity contribution in [3.05, 3.63) is 39.7 Å². The third-order valence-electron chi connectivity index (χ3n) is 7.13. The Bertz CT molecular complexity index is 1970. The first kappa shape index (κ1) is 29.3. The average Bonchev–Trinajstić information content (AvgIpc) is 3.72. The van der Waals surface area contributed by atoms with E-state index in [0.29, 0.717) is 0 Å². The van der Waals surface area contributed by atoms with E-state index in [2.05, 4.69) is 29.9 Å². The normalized spacial score (nSPS) is 36.6. The Balaban J connectivity index is 1.19. The van der Waals surface area contributed by atoms with Gasteiger partial charge in [-0.1, -0.05) is 0 Å². The van der Waals surface area contributed by atoms with E-state index in [1.165, 1.54) is 10.9 Å². The van der Waals surface area contributed by atoms with Gasteiger partial charge < -0.3 is 30.0 Å². The fraction of sp³-hybridized carbons (Fsp3) is 0.500. The monoisotopic (exact) mass is 661 g/mol. The summed E-state index contributed by atoms with van der Waals surface area (Å²) >= 11 is 0. The van der Waals surface area contributed by atoms with Crippen LogP contribution in [-0.2, 0) is 36.7 Å². The number of ether oxygens (including phenoxy) is 2. The van der Waals surface area contributed by atoms with Gasteiger partial charge in [-0.05, 0) is 0 Å². The number of anilines is 1. The van der Waals surface area contributed by atoms with Gasteiger partial charge in [0, 0.05) is 6.42 Å². The maximum atomic E-state index is 15.8. The average molecular weight is 661 g/mol. The van der Waals surface area contributed by atoms with Crippen molar-refractivity contribution in [2.45, 2.75) is 49.5 Å². The van der Waals surface area contributed by atoms with Gasteiger partial charge in [-0.15, -0.1) is 0 Å². The number of hydrogen-bond acceptors (Lipinski definition) is 15. The van der Waals surface area contributed by atoms with Gasteiger partial charge in [0.05, 0.1) is 38.3 Å². The Kier molecular flexibility index (Phi) is 7.05. The van der Waals surface area contributed by atoms with Crippen molar-refractivity contribution in [3.8, 4) is 0 Å². The van der Waals surface area contributed by atoms with Crippen LogP contribution in [-0.4, -0.2) is 92.6 Å². The van der Waals surface area contributed by atoms with Crippen LogP contribution in [0.1, 0.15) is 18.9 Å². The summed E-state index contributed by atoms with van der Waals surface area (Å²) < 4.78 is 76.5. The molecule has 3 saturated heterocycles. The van der Waals surface area contributed by atoms with Crippen LogP contribution in [0.4, 0.5) is 10.3 Å². The molecule has 3 unspecified atom stereocenters. The molecule has 3 fully saturated rings. The number of aromatic nitrogens is 8. The smallest absolute Gasteiger partial charge is 0.369 e. The van der Waals surface area contributed by atoms with Crippen LogP contribution in [0.5, 0.6) is 0 Å². The van der Waals surface area contributed by atoms with Gasteiger partial charge in [-0.3, -0.25) is 41.8 Å². The van der Waals surface area contributed by atoms with Crippen LogP contribution >= 0.6 is 15.6 Å². The Labute approximate surface area is 242 Å². The van der Waals surface area contributed by atoms with Crippen molar-refractivity contribution in [2.75, 3.05) is 18.9 Å². The summed E-state index contributed by atoms with van der Waals surface area (Å²) in [6, 6.07) is 0. The number of alkyl halides is 1. The first-order valence-electron chi connectivity index (χ1n) is 12.8. The van der Waals surface area contributed by atoms with Crippen LogP contribution in [0.25, 0.3) is 22.3 Å². The van der Waals surface area contributed by atoms with E-state index in [1.807, 2.05) is 0 Å². The number of aromatic amines is 2. The molecule has 4 aromatic heterocycles. The molecular formula is C20H22FN9O12P2. The molecule has 24 heteroatoms. The highest BCUT2D eigenvalue weighted by Gasteiger charge is 2.52. The Morgan fingerprint density at radius 1 is 0.909 bits per heavy atom. The number of halogens is 1. The zero-order chi connectivity index (χ0) is 31.0. The van der Waals surface area contributed by atoms with Crippen LogP contribution in [0.2, 0.25) is 0 Å². The van der Waals surface area contributed by atoms with Gasteiger partial charge >= 0.3 is 15.6 Å². The zero-order valence-electron chi connectivity index (χ0n) is 21.9. The number of nitrogens with zero attached hydrogens (tertiary/aromatic N) is 6. The zero-order valence-corrected chi connectivity index (χ0v) is 23.7. The van der Waals surface area contributed by atoms with E-state index < -0.39 is 83.0 Å². The molecule has 21 nitrogen and oxygen atoms in total. The molecule has 236 valence electrons. The molecule has 44 heavy (non-hydrogen) atoms. The molecule has 4 aromatic rings. The third-order valence-corrected chi connectivity index (χ3v) is 9.12. The molecule has 0 aromatic carbocycles. The number of imidazole rings is 2. The minimum Gasteiger partial charge on any atom is -0.369 e. The lowest BCUT2D eigenvalue weighted by Crippen LogP contribution is -2.34. The highest BCUT2D eigenvalue weighted by molar-refractivity contribution is 7.47. The Morgan fingerprint density at radius 3 is 2.36 bits per heavy atom. The van der Waals surface area contributed by atoms with E-state index in [0.717, 1.165) is 17.2 Å². The molecule has 7 rings (SSSR count). The summed E-state index contributed by atoms with van der Waals surface area (Å²) in [4.78, 5) is 66.0. The second-order valence-corrected chi connectivity index (χ2v) is 12.8. The van der Waals surface area contributed by atoms with E-state index in [4.69, 9.17) is 33.3 Å². The number of nitrogens with two attached hydrogens (primary N) is 1. The first-order chi connectivity index (χ1) is 20.9. The number of nitrogens with one attached hydrogen (secondary N) is 2. The molecule has 0 aliphatic carbocycles. The highest BCUT2D eigenvalue weighted by atomic mass is 31.2. The lowest BCUT2D eigenvalue weighted by atomic mass is 10.1. The fourth-order valence-corrected chi connectivity index (χ4v) is 7.15. The topological polar surface area (TPSA) is 283 Å².